The highest BCUT2D eigenvalue weighted by Crippen LogP contribution is 2.35. The van der Waals surface area contributed by atoms with Gasteiger partial charge in [0.15, 0.2) is 5.92 Å². The number of hydrogen-bond donors (Lipinski definition) is 0. The van der Waals surface area contributed by atoms with Gasteiger partial charge in [0.25, 0.3) is 0 Å². The molecule has 1 saturated heterocycles. The molecule has 2 atom stereocenters. The van der Waals surface area contributed by atoms with Crippen LogP contribution in [0.5, 0.6) is 0 Å². The van der Waals surface area contributed by atoms with Crippen molar-refractivity contribution in [2.24, 2.45) is 11.8 Å². The molecule has 0 bridgehead atoms. The summed E-state index contributed by atoms with van der Waals surface area (Å²) < 4.78 is 14.7. The number of carbonyl (C=O) groups is 3. The Morgan fingerprint density at radius 1 is 1.35 bits per heavy atom. The Balaban J connectivity index is 2.98. The monoisotopic (exact) mass is 306 g/mol. The van der Waals surface area contributed by atoms with E-state index in [4.69, 9.17) is 25.8 Å². The fourth-order valence-electron chi connectivity index (χ4n) is 2.07. The van der Waals surface area contributed by atoms with E-state index in [1.807, 2.05) is 0 Å². The lowest BCUT2D eigenvalue weighted by molar-refractivity contribution is -0.175. The van der Waals surface area contributed by atoms with Gasteiger partial charge in [-0.05, 0) is 27.2 Å². The van der Waals surface area contributed by atoms with E-state index in [-0.39, 0.29) is 26.2 Å². The van der Waals surface area contributed by atoms with Crippen LogP contribution in [0, 0.1) is 11.8 Å². The standard InChI is InChI=1S/C13H19ClO6/c1-4-18-11(16)9(12(17)19-5-2)8-6-13(3,14)7-20-10(8)15/h8-9H,4-7H2,1-3H3/t8-,13+/m1/s1. The summed E-state index contributed by atoms with van der Waals surface area (Å²) in [7, 11) is 0. The third kappa shape index (κ3) is 4.10. The first-order chi connectivity index (χ1) is 9.32. The molecule has 0 aliphatic carbocycles. The minimum atomic E-state index is -1.33. The average molecular weight is 307 g/mol. The van der Waals surface area contributed by atoms with Crippen LogP contribution >= 0.6 is 11.6 Å². The molecule has 0 spiro atoms. The molecule has 1 aliphatic heterocycles. The van der Waals surface area contributed by atoms with Gasteiger partial charge in [0.2, 0.25) is 0 Å². The normalized spacial score (nSPS) is 26.1. The van der Waals surface area contributed by atoms with E-state index in [1.165, 1.54) is 0 Å². The predicted octanol–water partition coefficient (Wildman–Crippen LogP) is 1.29. The summed E-state index contributed by atoms with van der Waals surface area (Å²) in [6.07, 6.45) is 0.148. The molecular formula is C13H19ClO6. The Morgan fingerprint density at radius 3 is 2.30 bits per heavy atom. The molecule has 20 heavy (non-hydrogen) atoms. The molecule has 0 saturated carbocycles. The summed E-state index contributed by atoms with van der Waals surface area (Å²) in [6.45, 7) is 5.17. The Kier molecular flexibility index (Phi) is 5.80. The molecule has 0 aromatic carbocycles. The fourth-order valence-corrected chi connectivity index (χ4v) is 2.29. The third-order valence-electron chi connectivity index (χ3n) is 2.95. The van der Waals surface area contributed by atoms with Crippen LogP contribution in [0.4, 0.5) is 0 Å². The van der Waals surface area contributed by atoms with Gasteiger partial charge < -0.3 is 14.2 Å². The Labute approximate surface area is 122 Å². The van der Waals surface area contributed by atoms with Crippen LogP contribution in [0.3, 0.4) is 0 Å². The Morgan fingerprint density at radius 2 is 1.85 bits per heavy atom. The number of carbonyl (C=O) groups excluding carboxylic acids is 3. The predicted molar refractivity (Wildman–Crippen MR) is 70.1 cm³/mol. The molecule has 1 fully saturated rings. The lowest BCUT2D eigenvalue weighted by Crippen LogP contribution is -2.47. The van der Waals surface area contributed by atoms with Crippen LogP contribution in [-0.4, -0.2) is 42.6 Å². The molecular weight excluding hydrogens is 288 g/mol. The molecule has 0 N–H and O–H groups in total. The molecule has 7 heteroatoms. The zero-order chi connectivity index (χ0) is 15.3. The highest BCUT2D eigenvalue weighted by Gasteiger charge is 2.48. The van der Waals surface area contributed by atoms with E-state index in [1.54, 1.807) is 20.8 Å². The van der Waals surface area contributed by atoms with E-state index in [0.29, 0.717) is 0 Å². The number of hydrogen-bond acceptors (Lipinski definition) is 6. The van der Waals surface area contributed by atoms with Gasteiger partial charge in [-0.25, -0.2) is 0 Å². The molecule has 6 nitrogen and oxygen atoms in total. The van der Waals surface area contributed by atoms with Gasteiger partial charge in [-0.15, -0.1) is 11.6 Å². The van der Waals surface area contributed by atoms with Crippen molar-refractivity contribution in [3.63, 3.8) is 0 Å². The minimum absolute atomic E-state index is 0.0439. The van der Waals surface area contributed by atoms with E-state index in [2.05, 4.69) is 0 Å². The lowest BCUT2D eigenvalue weighted by Gasteiger charge is -2.34. The molecule has 1 heterocycles. The number of alkyl halides is 1. The smallest absolute Gasteiger partial charge is 0.321 e. The maximum atomic E-state index is 11.9. The van der Waals surface area contributed by atoms with Gasteiger partial charge in [-0.3, -0.25) is 14.4 Å². The van der Waals surface area contributed by atoms with Gasteiger partial charge in [0.05, 0.1) is 24.0 Å². The first-order valence-corrected chi connectivity index (χ1v) is 6.89. The summed E-state index contributed by atoms with van der Waals surface area (Å²) in [6, 6.07) is 0. The van der Waals surface area contributed by atoms with E-state index < -0.39 is 34.6 Å². The van der Waals surface area contributed by atoms with Crippen molar-refractivity contribution in [2.75, 3.05) is 19.8 Å². The van der Waals surface area contributed by atoms with Gasteiger partial charge in [0.1, 0.15) is 6.61 Å². The van der Waals surface area contributed by atoms with E-state index in [0.717, 1.165) is 0 Å². The Bertz CT molecular complexity index is 374. The van der Waals surface area contributed by atoms with E-state index >= 15 is 0 Å². The number of cyclic esters (lactones) is 1. The second kappa shape index (κ2) is 6.92. The van der Waals surface area contributed by atoms with Crippen molar-refractivity contribution in [1.29, 1.82) is 0 Å². The fraction of sp³-hybridized carbons (Fsp3) is 0.769. The summed E-state index contributed by atoms with van der Waals surface area (Å²) in [4.78, 5) is 34.9. The molecule has 0 amide bonds. The first kappa shape index (κ1) is 16.8. The van der Waals surface area contributed by atoms with Gasteiger partial charge in [0, 0.05) is 0 Å². The van der Waals surface area contributed by atoms with Crippen LogP contribution in [0.25, 0.3) is 0 Å². The molecule has 0 radical (unpaired) electrons. The first-order valence-electron chi connectivity index (χ1n) is 6.51. The van der Waals surface area contributed by atoms with Gasteiger partial charge >= 0.3 is 17.9 Å². The number of halogens is 1. The third-order valence-corrected chi connectivity index (χ3v) is 3.21. The largest absolute Gasteiger partial charge is 0.465 e. The SMILES string of the molecule is CCOC(=O)C(C(=O)OCC)[C@H]1C[C@](C)(Cl)COC1=O. The van der Waals surface area contributed by atoms with Crippen LogP contribution in [0.2, 0.25) is 0 Å². The summed E-state index contributed by atoms with van der Waals surface area (Å²) >= 11 is 6.16. The van der Waals surface area contributed by atoms with Crippen molar-refractivity contribution in [3.05, 3.63) is 0 Å². The molecule has 0 aromatic heterocycles. The average Bonchev–Trinajstić information content (AvgIpc) is 2.34. The van der Waals surface area contributed by atoms with Crippen LogP contribution < -0.4 is 0 Å². The van der Waals surface area contributed by atoms with Crippen LogP contribution in [0.15, 0.2) is 0 Å². The van der Waals surface area contributed by atoms with Crippen molar-refractivity contribution in [2.45, 2.75) is 32.1 Å². The quantitative estimate of drug-likeness (QED) is 0.329. The van der Waals surface area contributed by atoms with Crippen molar-refractivity contribution in [1.82, 2.24) is 0 Å². The molecule has 0 unspecified atom stereocenters. The highest BCUT2D eigenvalue weighted by atomic mass is 35.5. The van der Waals surface area contributed by atoms with Crippen molar-refractivity contribution < 1.29 is 28.6 Å². The van der Waals surface area contributed by atoms with Crippen LogP contribution in [0.1, 0.15) is 27.2 Å². The second-order valence-electron chi connectivity index (χ2n) is 4.81. The molecule has 0 aromatic rings. The molecule has 1 aliphatic rings. The topological polar surface area (TPSA) is 78.9 Å². The number of ether oxygens (including phenoxy) is 3. The second-order valence-corrected chi connectivity index (χ2v) is 5.73. The Hall–Kier alpha value is -1.30. The minimum Gasteiger partial charge on any atom is -0.465 e. The lowest BCUT2D eigenvalue weighted by atomic mass is 9.83. The zero-order valence-corrected chi connectivity index (χ0v) is 12.6. The van der Waals surface area contributed by atoms with Gasteiger partial charge in [-0.1, -0.05) is 0 Å². The van der Waals surface area contributed by atoms with Crippen molar-refractivity contribution >= 4 is 29.5 Å². The molecule has 114 valence electrons. The highest BCUT2D eigenvalue weighted by molar-refractivity contribution is 6.24. The maximum Gasteiger partial charge on any atom is 0.321 e. The molecule has 1 rings (SSSR count). The van der Waals surface area contributed by atoms with Gasteiger partial charge in [-0.2, -0.15) is 0 Å². The van der Waals surface area contributed by atoms with E-state index in [9.17, 15) is 14.4 Å². The van der Waals surface area contributed by atoms with Crippen LogP contribution in [-0.2, 0) is 28.6 Å². The summed E-state index contributed by atoms with van der Waals surface area (Å²) in [5.74, 6) is -4.52. The number of esters is 3. The zero-order valence-electron chi connectivity index (χ0n) is 11.8. The number of rotatable bonds is 5. The summed E-state index contributed by atoms with van der Waals surface area (Å²) in [5, 5.41) is 0. The maximum absolute atomic E-state index is 11.9. The summed E-state index contributed by atoms with van der Waals surface area (Å²) in [5.41, 5.74) is 0. The van der Waals surface area contributed by atoms with Crippen molar-refractivity contribution in [3.8, 4) is 0 Å².